The first-order valence-electron chi connectivity index (χ1n) is 5.55. The Balaban J connectivity index is 2.62. The Kier molecular flexibility index (Phi) is 6.26. The molecule has 0 aliphatic rings. The smallest absolute Gasteiger partial charge is 0.137 e. The van der Waals surface area contributed by atoms with Gasteiger partial charge in [0, 0.05) is 18.0 Å². The lowest BCUT2D eigenvalue weighted by Gasteiger charge is -2.16. The minimum atomic E-state index is 0.346. The summed E-state index contributed by atoms with van der Waals surface area (Å²) in [5.74, 6) is 3.09. The maximum absolute atomic E-state index is 5.18. The number of rotatable bonds is 7. The molecule has 3 nitrogen and oxygen atoms in total. The van der Waals surface area contributed by atoms with E-state index in [0.717, 1.165) is 11.5 Å². The highest BCUT2D eigenvalue weighted by atomic mass is 32.2. The Morgan fingerprint density at radius 3 is 2.94 bits per heavy atom. The highest BCUT2D eigenvalue weighted by Crippen LogP contribution is 2.21. The van der Waals surface area contributed by atoms with E-state index >= 15 is 0 Å². The minimum Gasteiger partial charge on any atom is -0.495 e. The van der Waals surface area contributed by atoms with Crippen LogP contribution in [0.5, 0.6) is 5.75 Å². The first-order chi connectivity index (χ1) is 7.81. The van der Waals surface area contributed by atoms with Crippen LogP contribution in [0, 0.1) is 0 Å². The number of thioether (sulfide) groups is 1. The third-order valence-corrected chi connectivity index (χ3v) is 3.62. The fourth-order valence-electron chi connectivity index (χ4n) is 1.43. The first kappa shape index (κ1) is 13.3. The van der Waals surface area contributed by atoms with E-state index in [0.29, 0.717) is 6.04 Å². The van der Waals surface area contributed by atoms with Gasteiger partial charge in [-0.1, -0.05) is 6.92 Å². The van der Waals surface area contributed by atoms with Crippen molar-refractivity contribution in [1.82, 2.24) is 10.3 Å². The number of pyridine rings is 1. The number of hydrogen-bond acceptors (Lipinski definition) is 4. The third-order valence-electron chi connectivity index (χ3n) is 2.35. The van der Waals surface area contributed by atoms with Crippen molar-refractivity contribution in [2.45, 2.75) is 19.4 Å². The van der Waals surface area contributed by atoms with Gasteiger partial charge in [0.25, 0.3) is 0 Å². The second-order valence-corrected chi connectivity index (χ2v) is 4.72. The van der Waals surface area contributed by atoms with Crippen molar-refractivity contribution >= 4 is 11.8 Å². The molecule has 0 aromatic carbocycles. The van der Waals surface area contributed by atoms with Crippen LogP contribution in [0.2, 0.25) is 0 Å². The topological polar surface area (TPSA) is 34.2 Å². The molecule has 0 spiro atoms. The maximum Gasteiger partial charge on any atom is 0.137 e. The highest BCUT2D eigenvalue weighted by Gasteiger charge is 2.10. The summed E-state index contributed by atoms with van der Waals surface area (Å²) >= 11 is 1.96. The molecule has 1 atom stereocenters. The fourth-order valence-corrected chi connectivity index (χ4v) is 2.48. The summed E-state index contributed by atoms with van der Waals surface area (Å²) < 4.78 is 5.18. The maximum atomic E-state index is 5.18. The number of nitrogens with zero attached hydrogens (tertiary/aromatic N) is 1. The van der Waals surface area contributed by atoms with E-state index in [2.05, 4.69) is 17.2 Å². The van der Waals surface area contributed by atoms with E-state index < -0.39 is 0 Å². The molecule has 1 heterocycles. The molecule has 0 bridgehead atoms. The summed E-state index contributed by atoms with van der Waals surface area (Å²) in [5, 5.41) is 3.31. The predicted molar refractivity (Wildman–Crippen MR) is 70.2 cm³/mol. The molecule has 0 amide bonds. The van der Waals surface area contributed by atoms with Crippen LogP contribution in [0.1, 0.15) is 24.9 Å². The molecule has 0 saturated heterocycles. The van der Waals surface area contributed by atoms with E-state index in [1.54, 1.807) is 13.3 Å². The summed E-state index contributed by atoms with van der Waals surface area (Å²) in [7, 11) is 3.65. The molecule has 1 unspecified atom stereocenters. The van der Waals surface area contributed by atoms with Gasteiger partial charge in [0.2, 0.25) is 0 Å². The van der Waals surface area contributed by atoms with E-state index in [4.69, 9.17) is 4.74 Å². The summed E-state index contributed by atoms with van der Waals surface area (Å²) in [6.45, 7) is 2.20. The number of ether oxygens (including phenoxy) is 1. The molecule has 1 rings (SSSR count). The number of nitrogens with one attached hydrogen (secondary N) is 1. The van der Waals surface area contributed by atoms with E-state index in [1.807, 2.05) is 31.1 Å². The largest absolute Gasteiger partial charge is 0.495 e. The predicted octanol–water partition coefficient (Wildman–Crippen LogP) is 2.49. The molecule has 0 saturated carbocycles. The minimum absolute atomic E-state index is 0.346. The summed E-state index contributed by atoms with van der Waals surface area (Å²) in [6.07, 6.45) is 4.85. The van der Waals surface area contributed by atoms with Crippen LogP contribution in [0.15, 0.2) is 18.5 Å². The average Bonchev–Trinajstić information content (AvgIpc) is 2.35. The SMILES string of the molecule is CCCSCC(NC)c1cncc(OC)c1. The molecule has 1 N–H and O–H groups in total. The molecule has 1 aromatic rings. The Morgan fingerprint density at radius 1 is 1.50 bits per heavy atom. The van der Waals surface area contributed by atoms with Gasteiger partial charge < -0.3 is 10.1 Å². The van der Waals surface area contributed by atoms with Crippen molar-refractivity contribution < 1.29 is 4.74 Å². The molecule has 0 fully saturated rings. The third kappa shape index (κ3) is 4.02. The molecule has 16 heavy (non-hydrogen) atoms. The van der Waals surface area contributed by atoms with Crippen LogP contribution in [0.25, 0.3) is 0 Å². The molecule has 0 aliphatic heterocycles. The van der Waals surface area contributed by atoms with Crippen molar-refractivity contribution in [2.75, 3.05) is 25.7 Å². The molecular formula is C12H20N2OS. The van der Waals surface area contributed by atoms with Crippen LogP contribution in [0.4, 0.5) is 0 Å². The van der Waals surface area contributed by atoms with E-state index in [1.165, 1.54) is 17.7 Å². The zero-order chi connectivity index (χ0) is 11.8. The molecule has 4 heteroatoms. The summed E-state index contributed by atoms with van der Waals surface area (Å²) in [5.41, 5.74) is 1.19. The lowest BCUT2D eigenvalue weighted by molar-refractivity contribution is 0.411. The fraction of sp³-hybridized carbons (Fsp3) is 0.583. The summed E-state index contributed by atoms with van der Waals surface area (Å²) in [4.78, 5) is 4.18. The van der Waals surface area contributed by atoms with E-state index in [-0.39, 0.29) is 0 Å². The molecular weight excluding hydrogens is 220 g/mol. The summed E-state index contributed by atoms with van der Waals surface area (Å²) in [6, 6.07) is 2.39. The lowest BCUT2D eigenvalue weighted by atomic mass is 10.1. The van der Waals surface area contributed by atoms with Crippen LogP contribution in [0.3, 0.4) is 0 Å². The molecule has 90 valence electrons. The van der Waals surface area contributed by atoms with Crippen LogP contribution < -0.4 is 10.1 Å². The lowest BCUT2D eigenvalue weighted by Crippen LogP contribution is -2.19. The number of methoxy groups -OCH3 is 1. The van der Waals surface area contributed by atoms with E-state index in [9.17, 15) is 0 Å². The Hall–Kier alpha value is -0.740. The first-order valence-corrected chi connectivity index (χ1v) is 6.71. The van der Waals surface area contributed by atoms with Gasteiger partial charge in [0.05, 0.1) is 13.3 Å². The highest BCUT2D eigenvalue weighted by molar-refractivity contribution is 7.99. The van der Waals surface area contributed by atoms with Gasteiger partial charge in [-0.05, 0) is 30.9 Å². The average molecular weight is 240 g/mol. The van der Waals surface area contributed by atoms with Crippen molar-refractivity contribution in [3.63, 3.8) is 0 Å². The zero-order valence-corrected chi connectivity index (χ0v) is 11.0. The van der Waals surface area contributed by atoms with Crippen LogP contribution in [-0.2, 0) is 0 Å². The quantitative estimate of drug-likeness (QED) is 0.743. The van der Waals surface area contributed by atoms with Crippen molar-refractivity contribution in [1.29, 1.82) is 0 Å². The van der Waals surface area contributed by atoms with Crippen LogP contribution >= 0.6 is 11.8 Å². The zero-order valence-electron chi connectivity index (χ0n) is 10.2. The Bertz CT molecular complexity index is 307. The number of hydrogen-bond donors (Lipinski definition) is 1. The van der Waals surface area contributed by atoms with Gasteiger partial charge in [-0.25, -0.2) is 0 Å². The van der Waals surface area contributed by atoms with Gasteiger partial charge in [0.1, 0.15) is 5.75 Å². The van der Waals surface area contributed by atoms with Crippen molar-refractivity contribution in [2.24, 2.45) is 0 Å². The Morgan fingerprint density at radius 2 is 2.31 bits per heavy atom. The van der Waals surface area contributed by atoms with Gasteiger partial charge in [0.15, 0.2) is 0 Å². The van der Waals surface area contributed by atoms with Gasteiger partial charge >= 0.3 is 0 Å². The second kappa shape index (κ2) is 7.52. The van der Waals surface area contributed by atoms with Crippen molar-refractivity contribution in [3.05, 3.63) is 24.0 Å². The van der Waals surface area contributed by atoms with Crippen LogP contribution in [-0.4, -0.2) is 30.6 Å². The molecule has 0 radical (unpaired) electrons. The molecule has 0 aliphatic carbocycles. The molecule has 1 aromatic heterocycles. The second-order valence-electron chi connectivity index (χ2n) is 3.57. The van der Waals surface area contributed by atoms with Gasteiger partial charge in [-0.3, -0.25) is 4.98 Å². The monoisotopic (exact) mass is 240 g/mol. The van der Waals surface area contributed by atoms with Crippen molar-refractivity contribution in [3.8, 4) is 5.75 Å². The normalized spacial score (nSPS) is 12.4. The number of aromatic nitrogens is 1. The van der Waals surface area contributed by atoms with Gasteiger partial charge in [-0.15, -0.1) is 0 Å². The standard InChI is InChI=1S/C12H20N2OS/c1-4-5-16-9-12(13-2)10-6-11(15-3)8-14-7-10/h6-8,12-13H,4-5,9H2,1-3H3. The Labute approximate surface area is 102 Å². The van der Waals surface area contributed by atoms with Gasteiger partial charge in [-0.2, -0.15) is 11.8 Å².